The molecule has 11 heteroatoms. The van der Waals surface area contributed by atoms with Gasteiger partial charge in [0, 0.05) is 18.8 Å². The zero-order chi connectivity index (χ0) is 22.0. The quantitative estimate of drug-likeness (QED) is 0.412. The number of carbonyl (C=O) groups excluding carboxylic acids is 3. The van der Waals surface area contributed by atoms with Crippen molar-refractivity contribution in [3.05, 3.63) is 29.8 Å². The molecule has 0 spiro atoms. The fourth-order valence-corrected chi connectivity index (χ4v) is 4.59. The third-order valence-electron chi connectivity index (χ3n) is 5.82. The number of ether oxygens (including phenoxy) is 3. The molecule has 162 valence electrons. The van der Waals surface area contributed by atoms with Crippen molar-refractivity contribution in [2.75, 3.05) is 0 Å². The van der Waals surface area contributed by atoms with E-state index >= 15 is 0 Å². The number of alkyl halides is 5. The first kappa shape index (κ1) is 20.5. The molecule has 3 fully saturated rings. The third-order valence-corrected chi connectivity index (χ3v) is 5.82. The molecule has 6 unspecified atom stereocenters. The van der Waals surface area contributed by atoms with Crippen LogP contribution in [0.5, 0.6) is 5.75 Å². The van der Waals surface area contributed by atoms with Gasteiger partial charge in [-0.2, -0.15) is 22.0 Å². The van der Waals surface area contributed by atoms with E-state index in [1.54, 1.807) is 0 Å². The SMILES string of the molecule is CC(F)(F)C(=O)OC1C2CC3C1OC(=O)C3C2C(=O)Oc1ccc(C(F)(F)F)cc1. The summed E-state index contributed by atoms with van der Waals surface area (Å²) in [6.07, 6.45) is -6.45. The zero-order valence-electron chi connectivity index (χ0n) is 15.3. The molecule has 2 aliphatic carbocycles. The number of fused-ring (bicyclic) bond motifs is 1. The molecule has 1 aromatic rings. The highest BCUT2D eigenvalue weighted by atomic mass is 19.4. The maximum atomic E-state index is 13.2. The molecule has 3 aliphatic rings. The Balaban J connectivity index is 1.53. The normalized spacial score (nSPS) is 32.1. The van der Waals surface area contributed by atoms with Gasteiger partial charge in [-0.3, -0.25) is 9.59 Å². The fourth-order valence-electron chi connectivity index (χ4n) is 4.59. The van der Waals surface area contributed by atoms with Gasteiger partial charge in [0.15, 0.2) is 0 Å². The van der Waals surface area contributed by atoms with E-state index in [4.69, 9.17) is 14.2 Å². The minimum Gasteiger partial charge on any atom is -0.458 e. The molecule has 6 atom stereocenters. The van der Waals surface area contributed by atoms with Crippen LogP contribution < -0.4 is 4.74 Å². The topological polar surface area (TPSA) is 78.9 Å². The summed E-state index contributed by atoms with van der Waals surface area (Å²) < 4.78 is 79.6. The van der Waals surface area contributed by atoms with Crippen LogP contribution in [0.15, 0.2) is 24.3 Å². The predicted octanol–water partition coefficient (Wildman–Crippen LogP) is 2.99. The Bertz CT molecular complexity index is 890. The summed E-state index contributed by atoms with van der Waals surface area (Å²) in [7, 11) is 0. The zero-order valence-corrected chi connectivity index (χ0v) is 15.3. The Kier molecular flexibility index (Phi) is 4.55. The van der Waals surface area contributed by atoms with Crippen molar-refractivity contribution in [2.24, 2.45) is 23.7 Å². The molecule has 4 rings (SSSR count). The molecule has 0 amide bonds. The Hall–Kier alpha value is -2.72. The summed E-state index contributed by atoms with van der Waals surface area (Å²) in [4.78, 5) is 36.5. The lowest BCUT2D eigenvalue weighted by molar-refractivity contribution is -0.185. The number of benzene rings is 1. The van der Waals surface area contributed by atoms with E-state index in [0.717, 1.165) is 24.3 Å². The van der Waals surface area contributed by atoms with Crippen molar-refractivity contribution < 1.29 is 50.5 Å². The van der Waals surface area contributed by atoms with Gasteiger partial charge in [-0.15, -0.1) is 0 Å². The lowest BCUT2D eigenvalue weighted by atomic mass is 9.78. The highest BCUT2D eigenvalue weighted by molar-refractivity contribution is 5.87. The summed E-state index contributed by atoms with van der Waals surface area (Å²) in [5, 5.41) is 0. The highest BCUT2D eigenvalue weighted by Gasteiger charge is 2.70. The standard InChI is InChI=1S/C19H15F5O6/c1-18(20,21)17(27)30-14-10-6-9-12(16(26)29-13(9)14)11(10)15(25)28-8-4-2-7(3-5-8)19(22,23)24/h2-5,9-14H,6H2,1H3. The van der Waals surface area contributed by atoms with Gasteiger partial charge < -0.3 is 14.2 Å². The first-order valence-electron chi connectivity index (χ1n) is 9.06. The molecular formula is C19H15F5O6. The summed E-state index contributed by atoms with van der Waals surface area (Å²) in [5.41, 5.74) is -0.933. The van der Waals surface area contributed by atoms with Crippen molar-refractivity contribution in [1.82, 2.24) is 0 Å². The maximum Gasteiger partial charge on any atom is 0.416 e. The van der Waals surface area contributed by atoms with Gasteiger partial charge in [-0.1, -0.05) is 0 Å². The monoisotopic (exact) mass is 434 g/mol. The molecule has 2 saturated carbocycles. The van der Waals surface area contributed by atoms with Gasteiger partial charge in [0.25, 0.3) is 0 Å². The maximum absolute atomic E-state index is 13.2. The fraction of sp³-hybridized carbons (Fsp3) is 0.526. The second kappa shape index (κ2) is 6.64. The van der Waals surface area contributed by atoms with Crippen LogP contribution in [0.1, 0.15) is 18.9 Å². The van der Waals surface area contributed by atoms with E-state index in [0.29, 0.717) is 6.92 Å². The summed E-state index contributed by atoms with van der Waals surface area (Å²) in [6, 6.07) is 3.38. The highest BCUT2D eigenvalue weighted by Crippen LogP contribution is 2.59. The van der Waals surface area contributed by atoms with Gasteiger partial charge in [0.05, 0.1) is 17.4 Å². The lowest BCUT2D eigenvalue weighted by Crippen LogP contribution is -2.46. The number of halogens is 5. The summed E-state index contributed by atoms with van der Waals surface area (Å²) in [6.45, 7) is 0.363. The molecule has 0 N–H and O–H groups in total. The van der Waals surface area contributed by atoms with Crippen molar-refractivity contribution >= 4 is 17.9 Å². The van der Waals surface area contributed by atoms with Crippen LogP contribution in [-0.4, -0.2) is 36.0 Å². The van der Waals surface area contributed by atoms with Crippen LogP contribution in [0, 0.1) is 23.7 Å². The van der Waals surface area contributed by atoms with E-state index < -0.39 is 71.4 Å². The largest absolute Gasteiger partial charge is 0.458 e. The average molecular weight is 434 g/mol. The van der Waals surface area contributed by atoms with Crippen LogP contribution in [0.25, 0.3) is 0 Å². The Morgan fingerprint density at radius 3 is 2.27 bits per heavy atom. The number of carbonyl (C=O) groups is 3. The van der Waals surface area contributed by atoms with Crippen molar-refractivity contribution in [2.45, 2.75) is 37.7 Å². The smallest absolute Gasteiger partial charge is 0.416 e. The van der Waals surface area contributed by atoms with Gasteiger partial charge >= 0.3 is 30.0 Å². The van der Waals surface area contributed by atoms with E-state index in [-0.39, 0.29) is 12.2 Å². The molecule has 0 radical (unpaired) electrons. The van der Waals surface area contributed by atoms with Gasteiger partial charge in [-0.05, 0) is 30.7 Å². The van der Waals surface area contributed by atoms with Crippen LogP contribution in [0.4, 0.5) is 22.0 Å². The third kappa shape index (κ3) is 3.29. The van der Waals surface area contributed by atoms with Crippen LogP contribution in [0.3, 0.4) is 0 Å². The van der Waals surface area contributed by atoms with Crippen molar-refractivity contribution in [3.8, 4) is 5.75 Å². The predicted molar refractivity (Wildman–Crippen MR) is 86.0 cm³/mol. The lowest BCUT2D eigenvalue weighted by Gasteiger charge is -2.30. The second-order valence-electron chi connectivity index (χ2n) is 7.72. The van der Waals surface area contributed by atoms with Gasteiger partial charge in [0.1, 0.15) is 18.0 Å². The van der Waals surface area contributed by atoms with Gasteiger partial charge in [0.2, 0.25) is 0 Å². The first-order valence-corrected chi connectivity index (χ1v) is 9.06. The minimum absolute atomic E-state index is 0.174. The molecular weight excluding hydrogens is 419 g/mol. The Morgan fingerprint density at radius 2 is 1.70 bits per heavy atom. The van der Waals surface area contributed by atoms with Crippen LogP contribution >= 0.6 is 0 Å². The number of esters is 3. The molecule has 6 nitrogen and oxygen atoms in total. The van der Waals surface area contributed by atoms with Gasteiger partial charge in [-0.25, -0.2) is 4.79 Å². The van der Waals surface area contributed by atoms with E-state index in [9.17, 15) is 36.3 Å². The molecule has 2 bridgehead atoms. The molecule has 30 heavy (non-hydrogen) atoms. The summed E-state index contributed by atoms with van der Waals surface area (Å²) in [5.74, 6) is -10.6. The van der Waals surface area contributed by atoms with Crippen molar-refractivity contribution in [3.63, 3.8) is 0 Å². The molecule has 1 aliphatic heterocycles. The number of hydrogen-bond acceptors (Lipinski definition) is 6. The first-order chi connectivity index (χ1) is 13.9. The number of rotatable bonds is 4. The van der Waals surface area contributed by atoms with E-state index in [1.807, 2.05) is 0 Å². The molecule has 1 aromatic carbocycles. The van der Waals surface area contributed by atoms with Crippen LogP contribution in [-0.2, 0) is 30.0 Å². The van der Waals surface area contributed by atoms with E-state index in [2.05, 4.69) is 0 Å². The van der Waals surface area contributed by atoms with Crippen molar-refractivity contribution in [1.29, 1.82) is 0 Å². The minimum atomic E-state index is -4.56. The molecule has 1 heterocycles. The Morgan fingerprint density at radius 1 is 1.07 bits per heavy atom. The van der Waals surface area contributed by atoms with E-state index in [1.165, 1.54) is 0 Å². The second-order valence-corrected chi connectivity index (χ2v) is 7.72. The molecule has 1 saturated heterocycles. The van der Waals surface area contributed by atoms with Crippen LogP contribution in [0.2, 0.25) is 0 Å². The Labute approximate surface area is 166 Å². The average Bonchev–Trinajstić information content (AvgIpc) is 3.24. The molecule has 0 aromatic heterocycles. The number of hydrogen-bond donors (Lipinski definition) is 0. The summed E-state index contributed by atoms with van der Waals surface area (Å²) >= 11 is 0.